The molecule has 1 aliphatic carbocycles. The first-order chi connectivity index (χ1) is 11.2. The van der Waals surface area contributed by atoms with Crippen LogP contribution in [0.5, 0.6) is 0 Å². The van der Waals surface area contributed by atoms with Crippen molar-refractivity contribution in [1.82, 2.24) is 15.5 Å². The highest BCUT2D eigenvalue weighted by Crippen LogP contribution is 2.22. The predicted molar refractivity (Wildman–Crippen MR) is 86.0 cm³/mol. The fourth-order valence-corrected chi connectivity index (χ4v) is 3.02. The molecule has 122 valence electrons. The van der Waals surface area contributed by atoms with Gasteiger partial charge in [-0.1, -0.05) is 37.5 Å². The number of aromatic nitrogens is 2. The number of carbonyl (C=O) groups excluding carboxylic acids is 2. The molecule has 0 saturated heterocycles. The van der Waals surface area contributed by atoms with E-state index >= 15 is 0 Å². The Hall–Kier alpha value is -2.37. The maximum Gasteiger partial charge on any atom is 0.359 e. The molecule has 0 spiro atoms. The molecule has 1 saturated carbocycles. The molecule has 3 rings (SSSR count). The van der Waals surface area contributed by atoms with Gasteiger partial charge in [-0.2, -0.15) is 5.10 Å². The Morgan fingerprint density at radius 2 is 2.00 bits per heavy atom. The van der Waals surface area contributed by atoms with E-state index in [1.165, 1.54) is 32.1 Å². The van der Waals surface area contributed by atoms with Gasteiger partial charge in [0.2, 0.25) is 0 Å². The quantitative estimate of drug-likeness (QED) is 0.830. The number of rotatable bonds is 5. The molecule has 6 nitrogen and oxygen atoms in total. The second-order valence-corrected chi connectivity index (χ2v) is 6.00. The summed E-state index contributed by atoms with van der Waals surface area (Å²) in [5, 5.41) is 10.3. The summed E-state index contributed by atoms with van der Waals surface area (Å²) in [4.78, 5) is 23.9. The molecule has 0 unspecified atom stereocenters. The Bertz CT molecular complexity index is 689. The highest BCUT2D eigenvalue weighted by Gasteiger charge is 2.18. The molecular formula is C17H21N3O3. The molecule has 6 heteroatoms. The zero-order valence-electron chi connectivity index (χ0n) is 13.0. The van der Waals surface area contributed by atoms with Crippen molar-refractivity contribution in [2.45, 2.75) is 32.1 Å². The third kappa shape index (κ3) is 3.88. The largest absolute Gasteiger partial charge is 0.451 e. The summed E-state index contributed by atoms with van der Waals surface area (Å²) in [7, 11) is 0. The van der Waals surface area contributed by atoms with E-state index in [2.05, 4.69) is 15.5 Å². The van der Waals surface area contributed by atoms with E-state index in [0.29, 0.717) is 17.8 Å². The third-order valence-electron chi connectivity index (χ3n) is 4.31. The van der Waals surface area contributed by atoms with E-state index < -0.39 is 5.97 Å². The van der Waals surface area contributed by atoms with Crippen LogP contribution in [0.15, 0.2) is 24.3 Å². The van der Waals surface area contributed by atoms with Crippen LogP contribution in [-0.2, 0) is 9.53 Å². The van der Waals surface area contributed by atoms with Gasteiger partial charge in [0.15, 0.2) is 12.3 Å². The van der Waals surface area contributed by atoms with E-state index in [4.69, 9.17) is 4.74 Å². The van der Waals surface area contributed by atoms with Gasteiger partial charge >= 0.3 is 5.97 Å². The Kier molecular flexibility index (Phi) is 4.90. The zero-order chi connectivity index (χ0) is 16.1. The van der Waals surface area contributed by atoms with Crippen molar-refractivity contribution < 1.29 is 14.3 Å². The van der Waals surface area contributed by atoms with Crippen LogP contribution in [0.3, 0.4) is 0 Å². The number of nitrogens with one attached hydrogen (secondary N) is 2. The van der Waals surface area contributed by atoms with Gasteiger partial charge in [-0.3, -0.25) is 9.89 Å². The molecule has 1 aromatic heterocycles. The van der Waals surface area contributed by atoms with Gasteiger partial charge in [0.25, 0.3) is 5.91 Å². The Morgan fingerprint density at radius 1 is 1.22 bits per heavy atom. The van der Waals surface area contributed by atoms with E-state index in [0.717, 1.165) is 5.52 Å². The number of benzene rings is 1. The van der Waals surface area contributed by atoms with Gasteiger partial charge in [-0.15, -0.1) is 0 Å². The lowest BCUT2D eigenvalue weighted by molar-refractivity contribution is -0.124. The first-order valence-corrected chi connectivity index (χ1v) is 8.11. The monoisotopic (exact) mass is 315 g/mol. The van der Waals surface area contributed by atoms with Crippen LogP contribution < -0.4 is 5.32 Å². The van der Waals surface area contributed by atoms with Crippen LogP contribution in [-0.4, -0.2) is 35.2 Å². The number of fused-ring (bicyclic) bond motifs is 1. The number of para-hydroxylation sites is 1. The van der Waals surface area contributed by atoms with Crippen LogP contribution in [0.4, 0.5) is 0 Å². The summed E-state index contributed by atoms with van der Waals surface area (Å²) in [6.07, 6.45) is 6.10. The number of carbonyl (C=O) groups is 2. The van der Waals surface area contributed by atoms with Crippen molar-refractivity contribution >= 4 is 22.8 Å². The number of aromatic amines is 1. The van der Waals surface area contributed by atoms with Gasteiger partial charge in [-0.25, -0.2) is 4.79 Å². The fourth-order valence-electron chi connectivity index (χ4n) is 3.02. The summed E-state index contributed by atoms with van der Waals surface area (Å²) in [6, 6.07) is 7.30. The van der Waals surface area contributed by atoms with Crippen LogP contribution in [0.1, 0.15) is 42.6 Å². The smallest absolute Gasteiger partial charge is 0.359 e. The molecule has 23 heavy (non-hydrogen) atoms. The van der Waals surface area contributed by atoms with Gasteiger partial charge in [0, 0.05) is 11.9 Å². The zero-order valence-corrected chi connectivity index (χ0v) is 13.0. The predicted octanol–water partition coefficient (Wildman–Crippen LogP) is 2.42. The lowest BCUT2D eigenvalue weighted by Crippen LogP contribution is -2.33. The number of nitrogens with zero attached hydrogens (tertiary/aromatic N) is 1. The normalized spacial score (nSPS) is 15.5. The summed E-state index contributed by atoms with van der Waals surface area (Å²) in [5.74, 6) is -0.294. The number of hydrogen-bond acceptors (Lipinski definition) is 4. The molecule has 1 fully saturated rings. The van der Waals surface area contributed by atoms with Gasteiger partial charge < -0.3 is 10.1 Å². The number of esters is 1. The Balaban J connectivity index is 1.47. The van der Waals surface area contributed by atoms with Crippen molar-refractivity contribution in [2.75, 3.05) is 13.2 Å². The lowest BCUT2D eigenvalue weighted by Gasteiger charge is -2.21. The lowest BCUT2D eigenvalue weighted by atomic mass is 9.89. The van der Waals surface area contributed by atoms with Crippen LogP contribution >= 0.6 is 0 Å². The number of amides is 1. The highest BCUT2D eigenvalue weighted by atomic mass is 16.5. The van der Waals surface area contributed by atoms with Gasteiger partial charge in [0.05, 0.1) is 5.52 Å². The number of hydrogen-bond donors (Lipinski definition) is 2. The molecule has 0 bridgehead atoms. The first kappa shape index (κ1) is 15.5. The average Bonchev–Trinajstić information content (AvgIpc) is 3.03. The molecule has 1 aromatic carbocycles. The minimum Gasteiger partial charge on any atom is -0.451 e. The average molecular weight is 315 g/mol. The molecule has 0 aliphatic heterocycles. The summed E-state index contributed by atoms with van der Waals surface area (Å²) >= 11 is 0. The van der Waals surface area contributed by atoms with Gasteiger partial charge in [0.1, 0.15) is 0 Å². The van der Waals surface area contributed by atoms with Crippen molar-refractivity contribution in [3.8, 4) is 0 Å². The standard InChI is InChI=1S/C17H21N3O3/c21-15(18-10-12-6-2-1-3-7-12)11-23-17(22)16-13-8-4-5-9-14(13)19-20-16/h4-5,8-9,12H,1-3,6-7,10-11H2,(H,18,21)(H,19,20). The highest BCUT2D eigenvalue weighted by molar-refractivity contribution is 6.02. The van der Waals surface area contributed by atoms with Crippen LogP contribution in [0, 0.1) is 5.92 Å². The van der Waals surface area contributed by atoms with Crippen molar-refractivity contribution in [3.05, 3.63) is 30.0 Å². The summed E-state index contributed by atoms with van der Waals surface area (Å²) in [6.45, 7) is 0.397. The second kappa shape index (κ2) is 7.26. The molecule has 2 aromatic rings. The van der Waals surface area contributed by atoms with E-state index in [-0.39, 0.29) is 18.2 Å². The Labute approximate surface area is 134 Å². The molecule has 1 amide bonds. The molecule has 1 heterocycles. The van der Waals surface area contributed by atoms with Crippen LogP contribution in [0.25, 0.3) is 10.9 Å². The Morgan fingerprint density at radius 3 is 2.83 bits per heavy atom. The maximum atomic E-state index is 12.0. The SMILES string of the molecule is O=C(COC(=O)c1n[nH]c2ccccc12)NCC1CCCCC1. The van der Waals surface area contributed by atoms with E-state index in [1.54, 1.807) is 6.07 Å². The van der Waals surface area contributed by atoms with Crippen LogP contribution in [0.2, 0.25) is 0 Å². The summed E-state index contributed by atoms with van der Waals surface area (Å²) in [5.41, 5.74) is 0.974. The maximum absolute atomic E-state index is 12.0. The van der Waals surface area contributed by atoms with E-state index in [1.807, 2.05) is 18.2 Å². The minimum atomic E-state index is -0.588. The molecule has 1 aliphatic rings. The van der Waals surface area contributed by atoms with Crippen molar-refractivity contribution in [3.63, 3.8) is 0 Å². The van der Waals surface area contributed by atoms with Crippen molar-refractivity contribution in [2.24, 2.45) is 5.92 Å². The second-order valence-electron chi connectivity index (χ2n) is 6.00. The van der Waals surface area contributed by atoms with Gasteiger partial charge in [-0.05, 0) is 24.8 Å². The van der Waals surface area contributed by atoms with E-state index in [9.17, 15) is 9.59 Å². The first-order valence-electron chi connectivity index (χ1n) is 8.11. The summed E-state index contributed by atoms with van der Waals surface area (Å²) < 4.78 is 5.06. The topological polar surface area (TPSA) is 84.1 Å². The third-order valence-corrected chi connectivity index (χ3v) is 4.31. The molecule has 0 radical (unpaired) electrons. The number of ether oxygens (including phenoxy) is 1. The fraction of sp³-hybridized carbons (Fsp3) is 0.471. The molecule has 2 N–H and O–H groups in total. The van der Waals surface area contributed by atoms with Crippen molar-refractivity contribution in [1.29, 1.82) is 0 Å². The molecular weight excluding hydrogens is 294 g/mol. The minimum absolute atomic E-state index is 0.209. The number of H-pyrrole nitrogens is 1. The molecule has 0 atom stereocenters.